The maximum absolute atomic E-state index is 12.1. The number of aryl methyl sites for hydroxylation is 1. The number of hydrogen-bond donors (Lipinski definition) is 1. The summed E-state index contributed by atoms with van der Waals surface area (Å²) in [4.78, 5) is 16.5. The average molecular weight is 454 g/mol. The number of thiazole rings is 1. The monoisotopic (exact) mass is 452 g/mol. The fourth-order valence-electron chi connectivity index (χ4n) is 2.53. The standard InChI is InChI=1S/C19H18BrClN2O2S/c1-11-10-14(17(20)12(2)18(11)21)25-9-5-8-16(24)23-19-22-13-6-3-4-7-15(13)26-19/h3-4,6-7,10H,5,8-9H2,1-2H3,(H,22,23,24). The van der Waals surface area contributed by atoms with Crippen molar-refractivity contribution in [3.8, 4) is 5.75 Å². The maximum atomic E-state index is 12.1. The van der Waals surface area contributed by atoms with Gasteiger partial charge < -0.3 is 10.1 Å². The van der Waals surface area contributed by atoms with Gasteiger partial charge in [0.2, 0.25) is 5.91 Å². The van der Waals surface area contributed by atoms with E-state index < -0.39 is 0 Å². The number of para-hydroxylation sites is 1. The van der Waals surface area contributed by atoms with Gasteiger partial charge in [0.15, 0.2) is 5.13 Å². The quantitative estimate of drug-likeness (QED) is 0.457. The summed E-state index contributed by atoms with van der Waals surface area (Å²) in [5.41, 5.74) is 2.82. The van der Waals surface area contributed by atoms with Crippen molar-refractivity contribution in [1.29, 1.82) is 0 Å². The number of halogens is 2. The maximum Gasteiger partial charge on any atom is 0.226 e. The van der Waals surface area contributed by atoms with Crippen molar-refractivity contribution in [2.45, 2.75) is 26.7 Å². The zero-order valence-corrected chi connectivity index (χ0v) is 17.6. The van der Waals surface area contributed by atoms with Crippen LogP contribution in [0.1, 0.15) is 24.0 Å². The molecule has 0 radical (unpaired) electrons. The zero-order chi connectivity index (χ0) is 18.7. The Morgan fingerprint density at radius 3 is 2.88 bits per heavy atom. The van der Waals surface area contributed by atoms with E-state index in [4.69, 9.17) is 16.3 Å². The Labute approximate surface area is 169 Å². The largest absolute Gasteiger partial charge is 0.492 e. The molecule has 1 aromatic heterocycles. The summed E-state index contributed by atoms with van der Waals surface area (Å²) < 4.78 is 7.72. The number of rotatable bonds is 6. The number of nitrogens with one attached hydrogen (secondary N) is 1. The highest BCUT2D eigenvalue weighted by Crippen LogP contribution is 2.35. The minimum absolute atomic E-state index is 0.0600. The lowest BCUT2D eigenvalue weighted by molar-refractivity contribution is -0.116. The zero-order valence-electron chi connectivity index (χ0n) is 14.4. The van der Waals surface area contributed by atoms with Crippen LogP contribution in [0.2, 0.25) is 5.02 Å². The van der Waals surface area contributed by atoms with Crippen LogP contribution in [0.4, 0.5) is 5.13 Å². The molecule has 0 aliphatic rings. The topological polar surface area (TPSA) is 51.2 Å². The summed E-state index contributed by atoms with van der Waals surface area (Å²) in [5.74, 6) is 0.686. The van der Waals surface area contributed by atoms with Crippen molar-refractivity contribution in [1.82, 2.24) is 4.98 Å². The van der Waals surface area contributed by atoms with Crippen LogP contribution in [0, 0.1) is 13.8 Å². The molecule has 1 N–H and O–H groups in total. The van der Waals surface area contributed by atoms with Crippen LogP contribution in [0.15, 0.2) is 34.8 Å². The van der Waals surface area contributed by atoms with Crippen LogP contribution >= 0.6 is 38.9 Å². The van der Waals surface area contributed by atoms with Gasteiger partial charge in [-0.05, 0) is 65.5 Å². The molecular formula is C19H18BrClN2O2S. The highest BCUT2D eigenvalue weighted by Gasteiger charge is 2.12. The lowest BCUT2D eigenvalue weighted by atomic mass is 10.1. The molecular weight excluding hydrogens is 436 g/mol. The number of benzene rings is 2. The number of amides is 1. The Morgan fingerprint density at radius 1 is 1.35 bits per heavy atom. The van der Waals surface area contributed by atoms with Crippen LogP contribution in [-0.2, 0) is 4.79 Å². The first-order chi connectivity index (χ1) is 12.5. The van der Waals surface area contributed by atoms with E-state index in [1.807, 2.05) is 44.2 Å². The number of nitrogens with zero attached hydrogens (tertiary/aromatic N) is 1. The first-order valence-electron chi connectivity index (χ1n) is 8.19. The number of fused-ring (bicyclic) bond motifs is 1. The summed E-state index contributed by atoms with van der Waals surface area (Å²) in [5, 5.41) is 4.22. The van der Waals surface area contributed by atoms with Crippen LogP contribution in [0.5, 0.6) is 5.75 Å². The number of ether oxygens (including phenoxy) is 1. The number of anilines is 1. The Hall–Kier alpha value is -1.63. The molecule has 1 heterocycles. The van der Waals surface area contributed by atoms with Crippen LogP contribution < -0.4 is 10.1 Å². The summed E-state index contributed by atoms with van der Waals surface area (Å²) in [6, 6.07) is 9.72. The highest BCUT2D eigenvalue weighted by atomic mass is 79.9. The molecule has 0 saturated carbocycles. The van der Waals surface area contributed by atoms with Crippen molar-refractivity contribution in [3.63, 3.8) is 0 Å². The second kappa shape index (κ2) is 8.37. The van der Waals surface area contributed by atoms with Gasteiger partial charge >= 0.3 is 0 Å². The molecule has 136 valence electrons. The fourth-order valence-corrected chi connectivity index (χ4v) is 4.10. The lowest BCUT2D eigenvalue weighted by Crippen LogP contribution is -2.12. The van der Waals surface area contributed by atoms with E-state index in [0.29, 0.717) is 24.6 Å². The summed E-state index contributed by atoms with van der Waals surface area (Å²) in [6.45, 7) is 4.34. The van der Waals surface area contributed by atoms with Crippen LogP contribution in [-0.4, -0.2) is 17.5 Å². The summed E-state index contributed by atoms with van der Waals surface area (Å²) >= 11 is 11.2. The summed E-state index contributed by atoms with van der Waals surface area (Å²) in [7, 11) is 0. The molecule has 0 aliphatic heterocycles. The van der Waals surface area contributed by atoms with Gasteiger partial charge in [-0.25, -0.2) is 4.98 Å². The number of carbonyl (C=O) groups excluding carboxylic acids is 1. The molecule has 0 fully saturated rings. The second-order valence-corrected chi connectivity index (χ2v) is 8.13. The predicted octanol–water partition coefficient (Wildman–Crippen LogP) is 6.13. The average Bonchev–Trinajstić information content (AvgIpc) is 3.03. The molecule has 0 unspecified atom stereocenters. The minimum Gasteiger partial charge on any atom is -0.492 e. The molecule has 1 amide bonds. The lowest BCUT2D eigenvalue weighted by Gasteiger charge is -2.13. The van der Waals surface area contributed by atoms with Gasteiger partial charge in [-0.1, -0.05) is 35.1 Å². The van der Waals surface area contributed by atoms with Crippen molar-refractivity contribution < 1.29 is 9.53 Å². The molecule has 0 spiro atoms. The Morgan fingerprint density at radius 2 is 2.12 bits per heavy atom. The van der Waals surface area contributed by atoms with E-state index in [1.54, 1.807) is 0 Å². The van der Waals surface area contributed by atoms with Crippen LogP contribution in [0.25, 0.3) is 10.2 Å². The van der Waals surface area contributed by atoms with Gasteiger partial charge in [0.05, 0.1) is 21.3 Å². The van der Waals surface area contributed by atoms with Crippen molar-refractivity contribution in [2.24, 2.45) is 0 Å². The number of aromatic nitrogens is 1. The number of hydrogen-bond acceptors (Lipinski definition) is 4. The van der Waals surface area contributed by atoms with Gasteiger partial charge in [0, 0.05) is 11.4 Å². The third-order valence-corrected chi connectivity index (χ3v) is 6.43. The Bertz CT molecular complexity index is 925. The number of carbonyl (C=O) groups is 1. The van der Waals surface area contributed by atoms with E-state index in [2.05, 4.69) is 26.2 Å². The molecule has 7 heteroatoms. The fraction of sp³-hybridized carbons (Fsp3) is 0.263. The van der Waals surface area contributed by atoms with Crippen LogP contribution in [0.3, 0.4) is 0 Å². The Kier molecular flexibility index (Phi) is 6.16. The molecule has 26 heavy (non-hydrogen) atoms. The SMILES string of the molecule is Cc1cc(OCCCC(=O)Nc2nc3ccccc3s2)c(Br)c(C)c1Cl. The van der Waals surface area contributed by atoms with Crippen molar-refractivity contribution >= 4 is 60.1 Å². The molecule has 4 nitrogen and oxygen atoms in total. The molecule has 0 aliphatic carbocycles. The van der Waals surface area contributed by atoms with Gasteiger partial charge in [-0.2, -0.15) is 0 Å². The first kappa shape index (κ1) is 19.1. The molecule has 0 saturated heterocycles. The van der Waals surface area contributed by atoms with Gasteiger partial charge in [0.25, 0.3) is 0 Å². The van der Waals surface area contributed by atoms with Gasteiger partial charge in [-0.3, -0.25) is 4.79 Å². The van der Waals surface area contributed by atoms with E-state index in [-0.39, 0.29) is 5.91 Å². The van der Waals surface area contributed by atoms with Crippen molar-refractivity contribution in [2.75, 3.05) is 11.9 Å². The smallest absolute Gasteiger partial charge is 0.226 e. The van der Waals surface area contributed by atoms with Crippen molar-refractivity contribution in [3.05, 3.63) is 51.0 Å². The molecule has 3 rings (SSSR count). The highest BCUT2D eigenvalue weighted by molar-refractivity contribution is 9.10. The summed E-state index contributed by atoms with van der Waals surface area (Å²) in [6.07, 6.45) is 0.989. The molecule has 0 atom stereocenters. The Balaban J connectivity index is 1.50. The third-order valence-electron chi connectivity index (χ3n) is 3.91. The van der Waals surface area contributed by atoms with E-state index >= 15 is 0 Å². The second-order valence-electron chi connectivity index (χ2n) is 5.93. The van der Waals surface area contributed by atoms with Gasteiger partial charge in [-0.15, -0.1) is 0 Å². The van der Waals surface area contributed by atoms with Gasteiger partial charge in [0.1, 0.15) is 5.75 Å². The van der Waals surface area contributed by atoms with E-state index in [0.717, 1.165) is 36.6 Å². The molecule has 2 aromatic carbocycles. The van der Waals surface area contributed by atoms with E-state index in [9.17, 15) is 4.79 Å². The predicted molar refractivity (Wildman–Crippen MR) is 112 cm³/mol. The van der Waals surface area contributed by atoms with E-state index in [1.165, 1.54) is 11.3 Å². The first-order valence-corrected chi connectivity index (χ1v) is 10.2. The normalized spacial score (nSPS) is 10.9. The molecule has 3 aromatic rings. The third kappa shape index (κ3) is 4.37. The minimum atomic E-state index is -0.0600. The molecule has 0 bridgehead atoms.